The van der Waals surface area contributed by atoms with Crippen LogP contribution in [0, 0.1) is 12.8 Å². The molecule has 5 heteroatoms. The molecule has 100 valence electrons. The van der Waals surface area contributed by atoms with E-state index in [9.17, 15) is 0 Å². The van der Waals surface area contributed by atoms with Crippen LogP contribution in [0.25, 0.3) is 0 Å². The summed E-state index contributed by atoms with van der Waals surface area (Å²) >= 11 is 0. The molecule has 1 N–H and O–H groups in total. The van der Waals surface area contributed by atoms with Crippen molar-refractivity contribution in [1.82, 2.24) is 15.3 Å². The Bertz CT molecular complexity index is 378. The Balaban J connectivity index is 1.91. The number of hydrogen-bond acceptors (Lipinski definition) is 5. The molecule has 1 aromatic heterocycles. The monoisotopic (exact) mass is 251 g/mol. The van der Waals surface area contributed by atoms with Crippen LogP contribution in [0.1, 0.15) is 25.5 Å². The molecule has 2 heterocycles. The van der Waals surface area contributed by atoms with Crippen LogP contribution in [0.2, 0.25) is 0 Å². The van der Waals surface area contributed by atoms with Gasteiger partial charge in [-0.3, -0.25) is 0 Å². The van der Waals surface area contributed by atoms with E-state index in [2.05, 4.69) is 15.3 Å². The quantitative estimate of drug-likeness (QED) is 0.860. The summed E-state index contributed by atoms with van der Waals surface area (Å²) in [6, 6.07) is 2.25. The number of nitrogens with zero attached hydrogens (tertiary/aromatic N) is 2. The summed E-state index contributed by atoms with van der Waals surface area (Å²) in [5, 5.41) is 3.34. The van der Waals surface area contributed by atoms with Gasteiger partial charge in [0.25, 0.3) is 0 Å². The lowest BCUT2D eigenvalue weighted by molar-refractivity contribution is 0.198. The van der Waals surface area contributed by atoms with Gasteiger partial charge in [-0.1, -0.05) is 0 Å². The Kier molecular flexibility index (Phi) is 4.75. The van der Waals surface area contributed by atoms with E-state index in [1.54, 1.807) is 0 Å². The molecule has 0 atom stereocenters. The fourth-order valence-corrected chi connectivity index (χ4v) is 2.04. The first-order chi connectivity index (χ1) is 8.78. The number of hydrogen-bond donors (Lipinski definition) is 1. The van der Waals surface area contributed by atoms with E-state index in [1.807, 2.05) is 19.9 Å². The lowest BCUT2D eigenvalue weighted by Crippen LogP contribution is -2.30. The molecule has 0 aromatic carbocycles. The standard InChI is InChI=1S/C13H21N3O2/c1-3-17-12-8-10(2)15-13(16-12)18-9-11-4-6-14-7-5-11/h8,11,14H,3-7,9H2,1-2H3. The highest BCUT2D eigenvalue weighted by Crippen LogP contribution is 2.16. The van der Waals surface area contributed by atoms with Gasteiger partial charge in [0.2, 0.25) is 5.88 Å². The maximum absolute atomic E-state index is 5.68. The van der Waals surface area contributed by atoms with Gasteiger partial charge in [0.05, 0.1) is 13.2 Å². The van der Waals surface area contributed by atoms with Gasteiger partial charge in [-0.25, -0.2) is 4.98 Å². The molecule has 0 spiro atoms. The molecule has 18 heavy (non-hydrogen) atoms. The van der Waals surface area contributed by atoms with Gasteiger partial charge in [0.15, 0.2) is 0 Å². The zero-order valence-corrected chi connectivity index (χ0v) is 11.1. The van der Waals surface area contributed by atoms with Crippen molar-refractivity contribution in [3.63, 3.8) is 0 Å². The van der Waals surface area contributed by atoms with Gasteiger partial charge < -0.3 is 14.8 Å². The van der Waals surface area contributed by atoms with Crippen LogP contribution in [-0.4, -0.2) is 36.3 Å². The molecule has 0 amide bonds. The van der Waals surface area contributed by atoms with E-state index in [4.69, 9.17) is 9.47 Å². The molecule has 1 aliphatic rings. The molecule has 1 fully saturated rings. The molecule has 1 saturated heterocycles. The topological polar surface area (TPSA) is 56.3 Å². The second-order valence-electron chi connectivity index (χ2n) is 4.57. The Labute approximate surface area is 108 Å². The SMILES string of the molecule is CCOc1cc(C)nc(OCC2CCNCC2)n1. The smallest absolute Gasteiger partial charge is 0.319 e. The average molecular weight is 251 g/mol. The van der Waals surface area contributed by atoms with E-state index in [0.29, 0.717) is 31.0 Å². The molecule has 1 aromatic rings. The summed E-state index contributed by atoms with van der Waals surface area (Å²) in [5.74, 6) is 1.19. The molecule has 0 saturated carbocycles. The van der Waals surface area contributed by atoms with Crippen molar-refractivity contribution in [1.29, 1.82) is 0 Å². The minimum atomic E-state index is 0.428. The molecule has 0 radical (unpaired) electrons. The maximum Gasteiger partial charge on any atom is 0.319 e. The van der Waals surface area contributed by atoms with Crippen molar-refractivity contribution in [2.45, 2.75) is 26.7 Å². The highest BCUT2D eigenvalue weighted by atomic mass is 16.5. The Morgan fingerprint density at radius 2 is 2.06 bits per heavy atom. The Morgan fingerprint density at radius 3 is 2.78 bits per heavy atom. The number of ether oxygens (including phenoxy) is 2. The largest absolute Gasteiger partial charge is 0.478 e. The highest BCUT2D eigenvalue weighted by Gasteiger charge is 2.14. The Hall–Kier alpha value is -1.36. The molecule has 0 aliphatic carbocycles. The summed E-state index contributed by atoms with van der Waals surface area (Å²) in [4.78, 5) is 8.51. The van der Waals surface area contributed by atoms with Crippen LogP contribution in [0.4, 0.5) is 0 Å². The summed E-state index contributed by atoms with van der Waals surface area (Å²) in [7, 11) is 0. The van der Waals surface area contributed by atoms with Crippen molar-refractivity contribution >= 4 is 0 Å². The van der Waals surface area contributed by atoms with E-state index in [1.165, 1.54) is 0 Å². The van der Waals surface area contributed by atoms with Crippen molar-refractivity contribution in [3.05, 3.63) is 11.8 Å². The van der Waals surface area contributed by atoms with Gasteiger partial charge in [-0.05, 0) is 45.7 Å². The van der Waals surface area contributed by atoms with Crippen molar-refractivity contribution in [2.24, 2.45) is 5.92 Å². The number of rotatable bonds is 5. The Morgan fingerprint density at radius 1 is 1.28 bits per heavy atom. The summed E-state index contributed by atoms with van der Waals surface area (Å²) in [6.07, 6.45) is 2.31. The third kappa shape index (κ3) is 3.84. The van der Waals surface area contributed by atoms with E-state index in [-0.39, 0.29) is 0 Å². The van der Waals surface area contributed by atoms with Crippen LogP contribution in [-0.2, 0) is 0 Å². The van der Waals surface area contributed by atoms with Gasteiger partial charge in [-0.15, -0.1) is 0 Å². The van der Waals surface area contributed by atoms with Gasteiger partial charge >= 0.3 is 6.01 Å². The second-order valence-corrected chi connectivity index (χ2v) is 4.57. The van der Waals surface area contributed by atoms with Crippen LogP contribution in [0.5, 0.6) is 11.9 Å². The van der Waals surface area contributed by atoms with Crippen LogP contribution in [0.3, 0.4) is 0 Å². The number of piperidine rings is 1. The van der Waals surface area contributed by atoms with E-state index in [0.717, 1.165) is 31.6 Å². The first-order valence-electron chi connectivity index (χ1n) is 6.60. The molecule has 2 rings (SSSR count). The zero-order valence-electron chi connectivity index (χ0n) is 11.1. The fourth-order valence-electron chi connectivity index (χ4n) is 2.04. The third-order valence-electron chi connectivity index (χ3n) is 3.01. The molecular weight excluding hydrogens is 230 g/mol. The molecule has 1 aliphatic heterocycles. The van der Waals surface area contributed by atoms with Crippen molar-refractivity contribution in [2.75, 3.05) is 26.3 Å². The summed E-state index contributed by atoms with van der Waals surface area (Å²) in [5.41, 5.74) is 0.869. The van der Waals surface area contributed by atoms with Crippen LogP contribution in [0.15, 0.2) is 6.07 Å². The number of aromatic nitrogens is 2. The zero-order chi connectivity index (χ0) is 12.8. The molecule has 5 nitrogen and oxygen atoms in total. The summed E-state index contributed by atoms with van der Waals surface area (Å²) in [6.45, 7) is 7.30. The second kappa shape index (κ2) is 6.54. The lowest BCUT2D eigenvalue weighted by Gasteiger charge is -2.22. The minimum absolute atomic E-state index is 0.428. The van der Waals surface area contributed by atoms with Crippen LogP contribution >= 0.6 is 0 Å². The highest BCUT2D eigenvalue weighted by molar-refractivity contribution is 5.17. The minimum Gasteiger partial charge on any atom is -0.478 e. The fraction of sp³-hybridized carbons (Fsp3) is 0.692. The first kappa shape index (κ1) is 13.1. The number of nitrogens with one attached hydrogen (secondary N) is 1. The number of aryl methyl sites for hydroxylation is 1. The van der Waals surface area contributed by atoms with Crippen LogP contribution < -0.4 is 14.8 Å². The van der Waals surface area contributed by atoms with E-state index >= 15 is 0 Å². The average Bonchev–Trinajstić information content (AvgIpc) is 2.37. The predicted molar refractivity (Wildman–Crippen MR) is 69.0 cm³/mol. The third-order valence-corrected chi connectivity index (χ3v) is 3.01. The first-order valence-corrected chi connectivity index (χ1v) is 6.60. The molecular formula is C13H21N3O2. The van der Waals surface area contributed by atoms with Gasteiger partial charge in [-0.2, -0.15) is 4.98 Å². The van der Waals surface area contributed by atoms with Crippen molar-refractivity contribution in [3.8, 4) is 11.9 Å². The normalized spacial score (nSPS) is 16.6. The maximum atomic E-state index is 5.68. The van der Waals surface area contributed by atoms with Gasteiger partial charge in [0, 0.05) is 11.8 Å². The van der Waals surface area contributed by atoms with Crippen molar-refractivity contribution < 1.29 is 9.47 Å². The van der Waals surface area contributed by atoms with Gasteiger partial charge in [0.1, 0.15) is 0 Å². The summed E-state index contributed by atoms with van der Waals surface area (Å²) < 4.78 is 11.1. The predicted octanol–water partition coefficient (Wildman–Crippen LogP) is 1.56. The molecule has 0 bridgehead atoms. The lowest BCUT2D eigenvalue weighted by atomic mass is 9.99. The molecule has 0 unspecified atom stereocenters. The van der Waals surface area contributed by atoms with E-state index < -0.39 is 0 Å².